The van der Waals surface area contributed by atoms with Crippen molar-refractivity contribution in [2.45, 2.75) is 39.2 Å². The lowest BCUT2D eigenvalue weighted by atomic mass is 9.83. The molecule has 0 unspecified atom stereocenters. The third-order valence-electron chi connectivity index (χ3n) is 4.37. The van der Waals surface area contributed by atoms with Crippen molar-refractivity contribution in [3.05, 3.63) is 65.2 Å². The molecule has 2 aromatic rings. The first-order valence-corrected chi connectivity index (χ1v) is 8.64. The number of carbonyl (C=O) groups is 2. The van der Waals surface area contributed by atoms with E-state index in [9.17, 15) is 9.59 Å². The summed E-state index contributed by atoms with van der Waals surface area (Å²) < 4.78 is 5.16. The van der Waals surface area contributed by atoms with E-state index in [1.165, 1.54) is 5.56 Å². The van der Waals surface area contributed by atoms with E-state index < -0.39 is 18.0 Å². The van der Waals surface area contributed by atoms with Gasteiger partial charge in [0.15, 0.2) is 6.61 Å². The molecule has 0 spiro atoms. The highest BCUT2D eigenvalue weighted by molar-refractivity contribution is 5.87. The number of hydrogen-bond acceptors (Lipinski definition) is 3. The Hall–Kier alpha value is -2.82. The number of hydrogen-bond donors (Lipinski definition) is 2. The van der Waals surface area contributed by atoms with Crippen LogP contribution in [0.1, 0.15) is 37.5 Å². The van der Waals surface area contributed by atoms with Gasteiger partial charge in [0, 0.05) is 6.54 Å². The van der Waals surface area contributed by atoms with Crippen molar-refractivity contribution < 1.29 is 19.4 Å². The predicted molar refractivity (Wildman–Crippen MR) is 100 cm³/mol. The van der Waals surface area contributed by atoms with Gasteiger partial charge >= 0.3 is 5.97 Å². The van der Waals surface area contributed by atoms with Crippen molar-refractivity contribution in [1.82, 2.24) is 5.32 Å². The van der Waals surface area contributed by atoms with E-state index in [4.69, 9.17) is 9.84 Å². The maximum atomic E-state index is 12.7. The molecule has 0 saturated heterocycles. The SMILES string of the molecule is CCc1ccc(C(C)(C)C(=O)NCc2cccc(OCC(=O)O)c2)cc1. The third-order valence-corrected chi connectivity index (χ3v) is 4.37. The summed E-state index contributed by atoms with van der Waals surface area (Å²) >= 11 is 0. The average Bonchev–Trinajstić information content (AvgIpc) is 2.64. The minimum Gasteiger partial charge on any atom is -0.482 e. The molecule has 0 heterocycles. The van der Waals surface area contributed by atoms with E-state index in [1.807, 2.05) is 44.2 Å². The van der Waals surface area contributed by atoms with Crippen LogP contribution in [-0.4, -0.2) is 23.6 Å². The Labute approximate surface area is 154 Å². The molecular weight excluding hydrogens is 330 g/mol. The third kappa shape index (κ3) is 5.09. The molecule has 5 heteroatoms. The fourth-order valence-corrected chi connectivity index (χ4v) is 2.58. The van der Waals surface area contributed by atoms with Crippen molar-refractivity contribution in [3.8, 4) is 5.75 Å². The highest BCUT2D eigenvalue weighted by Crippen LogP contribution is 2.24. The van der Waals surface area contributed by atoms with Crippen molar-refractivity contribution in [2.24, 2.45) is 0 Å². The number of carbonyl (C=O) groups excluding carboxylic acids is 1. The van der Waals surface area contributed by atoms with Gasteiger partial charge in [0.05, 0.1) is 5.41 Å². The zero-order chi connectivity index (χ0) is 19.2. The molecule has 0 aliphatic carbocycles. The zero-order valence-corrected chi connectivity index (χ0v) is 15.4. The van der Waals surface area contributed by atoms with E-state index in [0.29, 0.717) is 12.3 Å². The van der Waals surface area contributed by atoms with Crippen LogP contribution in [0.4, 0.5) is 0 Å². The Balaban J connectivity index is 2.00. The lowest BCUT2D eigenvalue weighted by Crippen LogP contribution is -2.39. The largest absolute Gasteiger partial charge is 0.482 e. The van der Waals surface area contributed by atoms with Gasteiger partial charge in [-0.15, -0.1) is 0 Å². The maximum Gasteiger partial charge on any atom is 0.341 e. The molecule has 0 radical (unpaired) electrons. The summed E-state index contributed by atoms with van der Waals surface area (Å²) in [5, 5.41) is 11.6. The van der Waals surface area contributed by atoms with Crippen LogP contribution in [0, 0.1) is 0 Å². The van der Waals surface area contributed by atoms with E-state index in [1.54, 1.807) is 18.2 Å². The van der Waals surface area contributed by atoms with Crippen molar-refractivity contribution in [1.29, 1.82) is 0 Å². The Kier molecular flexibility index (Phi) is 6.39. The first-order chi connectivity index (χ1) is 12.3. The first kappa shape index (κ1) is 19.5. The lowest BCUT2D eigenvalue weighted by Gasteiger charge is -2.24. The normalized spacial score (nSPS) is 11.0. The highest BCUT2D eigenvalue weighted by atomic mass is 16.5. The van der Waals surface area contributed by atoms with E-state index in [2.05, 4.69) is 12.2 Å². The first-order valence-electron chi connectivity index (χ1n) is 8.64. The van der Waals surface area contributed by atoms with Crippen LogP contribution in [0.2, 0.25) is 0 Å². The fraction of sp³-hybridized carbons (Fsp3) is 0.333. The molecule has 0 aliphatic heterocycles. The molecule has 1 amide bonds. The van der Waals surface area contributed by atoms with Crippen molar-refractivity contribution >= 4 is 11.9 Å². The van der Waals surface area contributed by atoms with Gasteiger partial charge in [-0.1, -0.05) is 43.3 Å². The summed E-state index contributed by atoms with van der Waals surface area (Å²) in [7, 11) is 0. The lowest BCUT2D eigenvalue weighted by molar-refractivity contribution is -0.139. The molecule has 2 rings (SSSR count). The number of carboxylic acid groups (broad SMARTS) is 1. The zero-order valence-electron chi connectivity index (χ0n) is 15.4. The van der Waals surface area contributed by atoms with Gasteiger partial charge in [0.25, 0.3) is 0 Å². The number of rotatable bonds is 8. The second-order valence-electron chi connectivity index (χ2n) is 6.69. The molecule has 0 atom stereocenters. The van der Waals surface area contributed by atoms with Crippen LogP contribution in [0.5, 0.6) is 5.75 Å². The Morgan fingerprint density at radius 1 is 1.08 bits per heavy atom. The Morgan fingerprint density at radius 2 is 1.77 bits per heavy atom. The molecule has 0 saturated carbocycles. The number of ether oxygens (including phenoxy) is 1. The number of amides is 1. The molecular formula is C21H25NO4. The summed E-state index contributed by atoms with van der Waals surface area (Å²) in [4.78, 5) is 23.2. The maximum absolute atomic E-state index is 12.7. The fourth-order valence-electron chi connectivity index (χ4n) is 2.58. The number of aliphatic carboxylic acids is 1. The summed E-state index contributed by atoms with van der Waals surface area (Å²) in [6.45, 7) is 5.85. The molecule has 0 fully saturated rings. The molecule has 0 aliphatic rings. The van der Waals surface area contributed by atoms with Gasteiger partial charge < -0.3 is 15.2 Å². The van der Waals surface area contributed by atoms with Gasteiger partial charge in [0.2, 0.25) is 5.91 Å². The summed E-state index contributed by atoms with van der Waals surface area (Å²) in [5.41, 5.74) is 2.40. The smallest absolute Gasteiger partial charge is 0.341 e. The van der Waals surface area contributed by atoms with E-state index in [-0.39, 0.29) is 5.91 Å². The Morgan fingerprint density at radius 3 is 2.38 bits per heavy atom. The van der Waals surface area contributed by atoms with Gasteiger partial charge in [-0.2, -0.15) is 0 Å². The number of nitrogens with one attached hydrogen (secondary N) is 1. The topological polar surface area (TPSA) is 75.6 Å². The summed E-state index contributed by atoms with van der Waals surface area (Å²) in [6.07, 6.45) is 0.965. The van der Waals surface area contributed by atoms with Crippen LogP contribution in [0.15, 0.2) is 48.5 Å². The molecule has 0 bridgehead atoms. The van der Waals surface area contributed by atoms with Gasteiger partial charge in [-0.3, -0.25) is 4.79 Å². The second kappa shape index (κ2) is 8.52. The van der Waals surface area contributed by atoms with Gasteiger partial charge in [0.1, 0.15) is 5.75 Å². The van der Waals surface area contributed by atoms with Crippen LogP contribution in [0.25, 0.3) is 0 Å². The Bertz CT molecular complexity index is 766. The van der Waals surface area contributed by atoms with Crippen LogP contribution in [0.3, 0.4) is 0 Å². The number of carboxylic acids is 1. The molecule has 138 valence electrons. The summed E-state index contributed by atoms with van der Waals surface area (Å²) in [6, 6.07) is 15.1. The number of aryl methyl sites for hydroxylation is 1. The van der Waals surface area contributed by atoms with Crippen LogP contribution >= 0.6 is 0 Å². The van der Waals surface area contributed by atoms with Crippen molar-refractivity contribution in [2.75, 3.05) is 6.61 Å². The minimum atomic E-state index is -1.03. The molecule has 5 nitrogen and oxygen atoms in total. The van der Waals surface area contributed by atoms with Gasteiger partial charge in [-0.25, -0.2) is 4.79 Å². The summed E-state index contributed by atoms with van der Waals surface area (Å²) in [5.74, 6) is -0.633. The molecule has 0 aromatic heterocycles. The quantitative estimate of drug-likeness (QED) is 0.762. The molecule has 26 heavy (non-hydrogen) atoms. The minimum absolute atomic E-state index is 0.0707. The standard InChI is InChI=1S/C21H25NO4/c1-4-15-8-10-17(11-9-15)21(2,3)20(25)22-13-16-6-5-7-18(12-16)26-14-19(23)24/h5-12H,4,13-14H2,1-3H3,(H,22,25)(H,23,24). The predicted octanol–water partition coefficient (Wildman–Crippen LogP) is 3.31. The van der Waals surface area contributed by atoms with Crippen LogP contribution in [-0.2, 0) is 28.0 Å². The van der Waals surface area contributed by atoms with E-state index in [0.717, 1.165) is 17.5 Å². The molecule has 2 aromatic carbocycles. The number of benzene rings is 2. The highest BCUT2D eigenvalue weighted by Gasteiger charge is 2.29. The second-order valence-corrected chi connectivity index (χ2v) is 6.69. The monoisotopic (exact) mass is 355 g/mol. The van der Waals surface area contributed by atoms with Gasteiger partial charge in [-0.05, 0) is 49.1 Å². The van der Waals surface area contributed by atoms with Crippen molar-refractivity contribution in [3.63, 3.8) is 0 Å². The van der Waals surface area contributed by atoms with E-state index >= 15 is 0 Å². The molecule has 2 N–H and O–H groups in total. The van der Waals surface area contributed by atoms with Crippen LogP contribution < -0.4 is 10.1 Å². The average molecular weight is 355 g/mol.